The molecule has 1 unspecified atom stereocenters. The van der Waals surface area contributed by atoms with E-state index in [-0.39, 0.29) is 5.82 Å². The molecule has 4 N–H and O–H groups in total. The number of unbranched alkanes of at least 4 members (excludes halogenated alkanes) is 5. The molecule has 6 nitrogen and oxygen atoms in total. The summed E-state index contributed by atoms with van der Waals surface area (Å²) in [5, 5.41) is 20.1. The van der Waals surface area contributed by atoms with E-state index in [0.717, 1.165) is 62.8 Å². The number of thioether (sulfide) groups is 1. The number of hydrogen-bond donors (Lipinski definition) is 3. The number of pyridine rings is 1. The molecular formula is C29H33FN2O4S. The third-order valence-corrected chi connectivity index (χ3v) is 6.67. The Morgan fingerprint density at radius 1 is 1.03 bits per heavy atom. The summed E-state index contributed by atoms with van der Waals surface area (Å²) < 4.78 is 18.9. The molecule has 0 amide bonds. The van der Waals surface area contributed by atoms with Crippen LogP contribution in [-0.2, 0) is 11.2 Å². The molecule has 2 aromatic carbocycles. The Kier molecular flexibility index (Phi) is 11.5. The standard InChI is InChI=1S/C29H33FN2O4S/c30-23-13-11-21(12-14-23)8-5-3-1-2-4-6-19-36-26-16-17-27(32-25(26)15-18-28(33)34)37-29(35)22-9-7-10-24(31)20-22/h7,9-18,20,29,35H,1-6,8,19,31H2,(H,33,34). The Balaban J connectivity index is 1.43. The first-order valence-electron chi connectivity index (χ1n) is 12.4. The number of aryl methyl sites for hydroxylation is 1. The first-order chi connectivity index (χ1) is 17.9. The van der Waals surface area contributed by atoms with Crippen molar-refractivity contribution in [3.05, 3.63) is 89.4 Å². The van der Waals surface area contributed by atoms with Gasteiger partial charge in [0, 0.05) is 11.8 Å². The molecule has 1 atom stereocenters. The average Bonchev–Trinajstić information content (AvgIpc) is 2.88. The molecule has 0 saturated carbocycles. The molecule has 0 bridgehead atoms. The minimum absolute atomic E-state index is 0.200. The van der Waals surface area contributed by atoms with Crippen LogP contribution in [0.4, 0.5) is 10.1 Å². The minimum atomic E-state index is -1.08. The molecule has 0 aliphatic heterocycles. The van der Waals surface area contributed by atoms with Gasteiger partial charge in [-0.2, -0.15) is 0 Å². The van der Waals surface area contributed by atoms with Crippen LogP contribution in [-0.4, -0.2) is 27.8 Å². The van der Waals surface area contributed by atoms with Crippen molar-refractivity contribution in [2.24, 2.45) is 0 Å². The number of hydrogen-bond acceptors (Lipinski definition) is 6. The number of ether oxygens (including phenoxy) is 1. The van der Waals surface area contributed by atoms with Gasteiger partial charge in [0.05, 0.1) is 11.6 Å². The Bertz CT molecular complexity index is 1170. The van der Waals surface area contributed by atoms with Crippen molar-refractivity contribution in [2.75, 3.05) is 12.3 Å². The van der Waals surface area contributed by atoms with Crippen LogP contribution < -0.4 is 10.5 Å². The van der Waals surface area contributed by atoms with Crippen LogP contribution in [0.1, 0.15) is 60.8 Å². The van der Waals surface area contributed by atoms with E-state index in [1.54, 1.807) is 36.4 Å². The van der Waals surface area contributed by atoms with Crippen LogP contribution in [0.15, 0.2) is 71.8 Å². The van der Waals surface area contributed by atoms with Gasteiger partial charge in [0.15, 0.2) is 0 Å². The van der Waals surface area contributed by atoms with Gasteiger partial charge in [-0.05, 0) is 72.9 Å². The number of carboxylic acids is 1. The third kappa shape index (κ3) is 10.3. The SMILES string of the molecule is Nc1cccc(C(O)Sc2ccc(OCCCCCCCCc3ccc(F)cc3)c(C=CC(=O)O)n2)c1. The van der Waals surface area contributed by atoms with E-state index in [1.165, 1.54) is 23.8 Å². The maximum absolute atomic E-state index is 13.0. The van der Waals surface area contributed by atoms with Crippen molar-refractivity contribution in [1.29, 1.82) is 0 Å². The maximum Gasteiger partial charge on any atom is 0.328 e. The van der Waals surface area contributed by atoms with E-state index in [0.29, 0.717) is 34.3 Å². The summed E-state index contributed by atoms with van der Waals surface area (Å²) in [5.41, 5.74) is 7.71. The first kappa shape index (κ1) is 28.2. The highest BCUT2D eigenvalue weighted by molar-refractivity contribution is 7.99. The van der Waals surface area contributed by atoms with Gasteiger partial charge < -0.3 is 20.7 Å². The lowest BCUT2D eigenvalue weighted by atomic mass is 10.0. The second kappa shape index (κ2) is 15.0. The molecule has 37 heavy (non-hydrogen) atoms. The molecule has 196 valence electrons. The summed E-state index contributed by atoms with van der Waals surface area (Å²) in [5.74, 6) is -0.779. The number of aliphatic hydroxyl groups excluding tert-OH is 1. The summed E-state index contributed by atoms with van der Waals surface area (Å²) in [6, 6.07) is 17.2. The fourth-order valence-electron chi connectivity index (χ4n) is 3.77. The number of carbonyl (C=O) groups is 1. The Morgan fingerprint density at radius 2 is 1.76 bits per heavy atom. The second-order valence-electron chi connectivity index (χ2n) is 8.69. The first-order valence-corrected chi connectivity index (χ1v) is 13.3. The zero-order valence-electron chi connectivity index (χ0n) is 20.7. The van der Waals surface area contributed by atoms with Gasteiger partial charge in [0.1, 0.15) is 22.7 Å². The van der Waals surface area contributed by atoms with Crippen molar-refractivity contribution >= 4 is 29.5 Å². The van der Waals surface area contributed by atoms with Crippen LogP contribution in [0.5, 0.6) is 5.75 Å². The summed E-state index contributed by atoms with van der Waals surface area (Å²) in [4.78, 5) is 15.5. The Hall–Kier alpha value is -3.36. The highest BCUT2D eigenvalue weighted by Gasteiger charge is 2.13. The minimum Gasteiger partial charge on any atom is -0.491 e. The predicted molar refractivity (Wildman–Crippen MR) is 146 cm³/mol. The normalized spacial score (nSPS) is 12.1. The van der Waals surface area contributed by atoms with E-state index < -0.39 is 11.4 Å². The number of rotatable bonds is 15. The van der Waals surface area contributed by atoms with Crippen LogP contribution in [0.3, 0.4) is 0 Å². The molecule has 0 aliphatic carbocycles. The Labute approximate surface area is 221 Å². The van der Waals surface area contributed by atoms with Gasteiger partial charge >= 0.3 is 5.97 Å². The van der Waals surface area contributed by atoms with Gasteiger partial charge in [-0.3, -0.25) is 0 Å². The number of anilines is 1. The quantitative estimate of drug-likeness (QED) is 0.0672. The molecule has 0 radical (unpaired) electrons. The number of benzene rings is 2. The fourth-order valence-corrected chi connectivity index (χ4v) is 4.58. The molecule has 1 heterocycles. The highest BCUT2D eigenvalue weighted by Crippen LogP contribution is 2.34. The maximum atomic E-state index is 13.0. The Morgan fingerprint density at radius 3 is 2.49 bits per heavy atom. The topological polar surface area (TPSA) is 106 Å². The summed E-state index contributed by atoms with van der Waals surface area (Å²) >= 11 is 1.14. The van der Waals surface area contributed by atoms with E-state index in [4.69, 9.17) is 15.6 Å². The van der Waals surface area contributed by atoms with Crippen molar-refractivity contribution in [1.82, 2.24) is 4.98 Å². The molecule has 0 aliphatic rings. The number of aliphatic carboxylic acids is 1. The van der Waals surface area contributed by atoms with Crippen molar-refractivity contribution in [3.63, 3.8) is 0 Å². The van der Waals surface area contributed by atoms with Crippen molar-refractivity contribution in [2.45, 2.75) is 55.4 Å². The van der Waals surface area contributed by atoms with Crippen LogP contribution in [0.2, 0.25) is 0 Å². The smallest absolute Gasteiger partial charge is 0.328 e. The van der Waals surface area contributed by atoms with Crippen molar-refractivity contribution < 1.29 is 24.1 Å². The molecular weight excluding hydrogens is 491 g/mol. The highest BCUT2D eigenvalue weighted by atomic mass is 32.2. The molecule has 1 aromatic heterocycles. The summed E-state index contributed by atoms with van der Waals surface area (Å²) in [6.45, 7) is 0.504. The van der Waals surface area contributed by atoms with Gasteiger partial charge in [-0.15, -0.1) is 0 Å². The lowest BCUT2D eigenvalue weighted by molar-refractivity contribution is -0.131. The van der Waals surface area contributed by atoms with Gasteiger partial charge in [0.25, 0.3) is 0 Å². The number of halogens is 1. The summed E-state index contributed by atoms with van der Waals surface area (Å²) in [7, 11) is 0. The van der Waals surface area contributed by atoms with E-state index >= 15 is 0 Å². The molecule has 3 aromatic rings. The molecule has 0 saturated heterocycles. The monoisotopic (exact) mass is 524 g/mol. The second-order valence-corrected chi connectivity index (χ2v) is 9.79. The third-order valence-electron chi connectivity index (χ3n) is 5.70. The lowest BCUT2D eigenvalue weighted by Crippen LogP contribution is -2.02. The fraction of sp³-hybridized carbons (Fsp3) is 0.310. The zero-order chi connectivity index (χ0) is 26.5. The number of nitrogen functional groups attached to an aromatic ring is 1. The number of aromatic nitrogens is 1. The molecule has 3 rings (SSSR count). The van der Waals surface area contributed by atoms with Crippen LogP contribution in [0, 0.1) is 5.82 Å². The van der Waals surface area contributed by atoms with Gasteiger partial charge in [-0.1, -0.05) is 61.7 Å². The van der Waals surface area contributed by atoms with Gasteiger partial charge in [-0.25, -0.2) is 14.2 Å². The largest absolute Gasteiger partial charge is 0.491 e. The summed E-state index contributed by atoms with van der Waals surface area (Å²) in [6.07, 6.45) is 9.75. The van der Waals surface area contributed by atoms with Crippen LogP contribution >= 0.6 is 11.8 Å². The number of aliphatic hydroxyl groups is 1. The number of nitrogens with two attached hydrogens (primary N) is 1. The van der Waals surface area contributed by atoms with E-state index in [9.17, 15) is 14.3 Å². The molecule has 0 fully saturated rings. The molecule has 8 heteroatoms. The number of carboxylic acid groups (broad SMARTS) is 1. The van der Waals surface area contributed by atoms with E-state index in [1.807, 2.05) is 12.1 Å². The van der Waals surface area contributed by atoms with Crippen molar-refractivity contribution in [3.8, 4) is 5.75 Å². The van der Waals surface area contributed by atoms with Gasteiger partial charge in [0.2, 0.25) is 0 Å². The number of nitrogens with zero attached hydrogens (tertiary/aromatic N) is 1. The average molecular weight is 525 g/mol. The van der Waals surface area contributed by atoms with E-state index in [2.05, 4.69) is 4.98 Å². The predicted octanol–water partition coefficient (Wildman–Crippen LogP) is 6.65. The zero-order valence-corrected chi connectivity index (χ0v) is 21.5. The molecule has 0 spiro atoms. The van der Waals surface area contributed by atoms with Crippen LogP contribution in [0.25, 0.3) is 6.08 Å². The lowest BCUT2D eigenvalue weighted by Gasteiger charge is -2.13.